The first-order valence-corrected chi connectivity index (χ1v) is 8.47. The first-order valence-electron chi connectivity index (χ1n) is 8.47. The molecule has 1 aromatic heterocycles. The molecule has 0 aliphatic rings. The van der Waals surface area contributed by atoms with Crippen LogP contribution in [-0.4, -0.2) is 28.1 Å². The predicted molar refractivity (Wildman–Crippen MR) is 96.9 cm³/mol. The van der Waals surface area contributed by atoms with Crippen molar-refractivity contribution >= 4 is 5.91 Å². The van der Waals surface area contributed by atoms with E-state index in [0.29, 0.717) is 18.8 Å². The number of benzene rings is 1. The van der Waals surface area contributed by atoms with E-state index in [1.165, 1.54) is 22.5 Å². The van der Waals surface area contributed by atoms with Crippen LogP contribution in [0.15, 0.2) is 35.4 Å². The lowest BCUT2D eigenvalue weighted by Crippen LogP contribution is -2.38. The first-order chi connectivity index (χ1) is 11.9. The second-order valence-electron chi connectivity index (χ2n) is 6.06. The molecule has 1 N–H and O–H groups in total. The van der Waals surface area contributed by atoms with Gasteiger partial charge in [0.25, 0.3) is 11.5 Å². The highest BCUT2D eigenvalue weighted by molar-refractivity contribution is 5.80. The molecular weight excluding hydrogens is 318 g/mol. The summed E-state index contributed by atoms with van der Waals surface area (Å²) in [5.74, 6) is 0.450. The van der Waals surface area contributed by atoms with Crippen LogP contribution in [0.2, 0.25) is 0 Å². The van der Waals surface area contributed by atoms with E-state index in [2.05, 4.69) is 10.3 Å². The molecule has 0 bridgehead atoms. The van der Waals surface area contributed by atoms with Crippen LogP contribution in [0.5, 0.6) is 5.75 Å². The van der Waals surface area contributed by atoms with Crippen molar-refractivity contribution in [3.8, 4) is 5.75 Å². The fourth-order valence-electron chi connectivity index (χ4n) is 2.31. The molecule has 1 aromatic carbocycles. The zero-order valence-electron chi connectivity index (χ0n) is 15.2. The fraction of sp³-hybridized carbons (Fsp3) is 0.421. The van der Waals surface area contributed by atoms with Crippen LogP contribution in [-0.2, 0) is 17.8 Å². The van der Waals surface area contributed by atoms with Crippen molar-refractivity contribution < 1.29 is 9.53 Å². The van der Waals surface area contributed by atoms with E-state index in [9.17, 15) is 9.59 Å². The molecule has 0 saturated carbocycles. The van der Waals surface area contributed by atoms with Crippen LogP contribution in [0.4, 0.5) is 0 Å². The highest BCUT2D eigenvalue weighted by Gasteiger charge is 2.14. The Labute approximate surface area is 147 Å². The summed E-state index contributed by atoms with van der Waals surface area (Å²) in [6.07, 6.45) is 1.63. The molecule has 0 radical (unpaired) electrons. The summed E-state index contributed by atoms with van der Waals surface area (Å²) >= 11 is 0. The highest BCUT2D eigenvalue weighted by atomic mass is 16.5. The van der Waals surface area contributed by atoms with Gasteiger partial charge in [-0.15, -0.1) is 0 Å². The SMILES string of the molecule is CCc1cc(=O)n(CCNC(=O)C(C)Oc2ccc(C)c(C)c2)cn1. The number of aromatic nitrogens is 2. The maximum absolute atomic E-state index is 12.1. The predicted octanol–water partition coefficient (Wildman–Crippen LogP) is 2.01. The summed E-state index contributed by atoms with van der Waals surface area (Å²) in [6.45, 7) is 8.39. The lowest BCUT2D eigenvalue weighted by Gasteiger charge is -2.16. The minimum Gasteiger partial charge on any atom is -0.481 e. The Bertz CT molecular complexity index is 799. The van der Waals surface area contributed by atoms with Gasteiger partial charge in [-0.2, -0.15) is 0 Å². The molecule has 25 heavy (non-hydrogen) atoms. The maximum atomic E-state index is 12.1. The Morgan fingerprint density at radius 3 is 2.68 bits per heavy atom. The molecule has 2 aromatic rings. The topological polar surface area (TPSA) is 73.2 Å². The minimum atomic E-state index is -0.612. The number of amides is 1. The molecule has 0 aliphatic heterocycles. The van der Waals surface area contributed by atoms with E-state index in [1.807, 2.05) is 39.0 Å². The molecule has 1 amide bonds. The first kappa shape index (κ1) is 18.7. The molecule has 2 rings (SSSR count). The highest BCUT2D eigenvalue weighted by Crippen LogP contribution is 2.17. The van der Waals surface area contributed by atoms with Crippen molar-refractivity contribution in [1.82, 2.24) is 14.9 Å². The standard InChI is InChI=1S/C19H25N3O3/c1-5-16-11-18(23)22(12-21-16)9-8-20-19(24)15(4)25-17-7-6-13(2)14(3)10-17/h6-7,10-12,15H,5,8-9H2,1-4H3,(H,20,24). The largest absolute Gasteiger partial charge is 0.481 e. The minimum absolute atomic E-state index is 0.111. The van der Waals surface area contributed by atoms with Gasteiger partial charge in [0.2, 0.25) is 0 Å². The van der Waals surface area contributed by atoms with Crippen molar-refractivity contribution in [3.05, 3.63) is 57.8 Å². The van der Waals surface area contributed by atoms with Crippen LogP contribution in [0, 0.1) is 13.8 Å². The van der Waals surface area contributed by atoms with E-state index >= 15 is 0 Å². The Hall–Kier alpha value is -2.63. The van der Waals surface area contributed by atoms with Gasteiger partial charge in [0.15, 0.2) is 6.10 Å². The van der Waals surface area contributed by atoms with Crippen LogP contribution in [0.3, 0.4) is 0 Å². The molecular formula is C19H25N3O3. The number of nitrogens with zero attached hydrogens (tertiary/aromatic N) is 2. The molecule has 134 valence electrons. The number of aryl methyl sites for hydroxylation is 3. The number of nitrogens with one attached hydrogen (secondary N) is 1. The van der Waals surface area contributed by atoms with Crippen molar-refractivity contribution in [2.45, 2.75) is 46.8 Å². The monoisotopic (exact) mass is 343 g/mol. The van der Waals surface area contributed by atoms with Gasteiger partial charge in [0.05, 0.1) is 6.33 Å². The van der Waals surface area contributed by atoms with Crippen molar-refractivity contribution in [2.24, 2.45) is 0 Å². The molecule has 1 heterocycles. The lowest BCUT2D eigenvalue weighted by molar-refractivity contribution is -0.127. The molecule has 1 atom stereocenters. The van der Waals surface area contributed by atoms with Crippen molar-refractivity contribution in [2.75, 3.05) is 6.54 Å². The summed E-state index contributed by atoms with van der Waals surface area (Å²) in [6, 6.07) is 7.26. The van der Waals surface area contributed by atoms with Gasteiger partial charge < -0.3 is 10.1 Å². The summed E-state index contributed by atoms with van der Waals surface area (Å²) < 4.78 is 7.16. The number of carbonyl (C=O) groups excluding carboxylic acids is 1. The smallest absolute Gasteiger partial charge is 0.260 e. The molecule has 0 saturated heterocycles. The molecule has 0 spiro atoms. The normalized spacial score (nSPS) is 11.8. The molecule has 6 heteroatoms. The van der Waals surface area contributed by atoms with Gasteiger partial charge in [-0.3, -0.25) is 14.2 Å². The van der Waals surface area contributed by atoms with Gasteiger partial charge in [-0.05, 0) is 50.5 Å². The average molecular weight is 343 g/mol. The van der Waals surface area contributed by atoms with Crippen molar-refractivity contribution in [1.29, 1.82) is 0 Å². The van der Waals surface area contributed by atoms with Gasteiger partial charge in [-0.1, -0.05) is 13.0 Å². The van der Waals surface area contributed by atoms with Crippen molar-refractivity contribution in [3.63, 3.8) is 0 Å². The number of hydrogen-bond acceptors (Lipinski definition) is 4. The van der Waals surface area contributed by atoms with Gasteiger partial charge in [0.1, 0.15) is 5.75 Å². The second-order valence-corrected chi connectivity index (χ2v) is 6.06. The molecule has 6 nitrogen and oxygen atoms in total. The number of carbonyl (C=O) groups is 1. The zero-order chi connectivity index (χ0) is 18.4. The van der Waals surface area contributed by atoms with E-state index in [0.717, 1.165) is 17.7 Å². The third-order valence-corrected chi connectivity index (χ3v) is 4.11. The molecule has 0 aliphatic carbocycles. The van der Waals surface area contributed by atoms with Crippen LogP contribution < -0.4 is 15.6 Å². The van der Waals surface area contributed by atoms with Gasteiger partial charge in [0, 0.05) is 24.8 Å². The Kier molecular flexibility index (Phi) is 6.33. The summed E-state index contributed by atoms with van der Waals surface area (Å²) in [5.41, 5.74) is 2.95. The summed E-state index contributed by atoms with van der Waals surface area (Å²) in [7, 11) is 0. The fourth-order valence-corrected chi connectivity index (χ4v) is 2.31. The maximum Gasteiger partial charge on any atom is 0.260 e. The quantitative estimate of drug-likeness (QED) is 0.835. The Morgan fingerprint density at radius 2 is 2.04 bits per heavy atom. The Morgan fingerprint density at radius 1 is 1.28 bits per heavy atom. The van der Waals surface area contributed by atoms with Crippen LogP contribution in [0.25, 0.3) is 0 Å². The van der Waals surface area contributed by atoms with Gasteiger partial charge in [-0.25, -0.2) is 4.98 Å². The summed E-state index contributed by atoms with van der Waals surface area (Å²) in [4.78, 5) is 28.2. The Balaban J connectivity index is 1.85. The second kappa shape index (κ2) is 8.46. The number of hydrogen-bond donors (Lipinski definition) is 1. The summed E-state index contributed by atoms with van der Waals surface area (Å²) in [5, 5.41) is 2.78. The third-order valence-electron chi connectivity index (χ3n) is 4.11. The third kappa shape index (κ3) is 5.17. The molecule has 0 fully saturated rings. The number of ether oxygens (including phenoxy) is 1. The molecule has 1 unspecified atom stereocenters. The van der Waals surface area contributed by atoms with E-state index in [-0.39, 0.29) is 11.5 Å². The average Bonchev–Trinajstić information content (AvgIpc) is 2.59. The van der Waals surface area contributed by atoms with Crippen LogP contribution >= 0.6 is 0 Å². The van der Waals surface area contributed by atoms with Crippen LogP contribution in [0.1, 0.15) is 30.7 Å². The lowest BCUT2D eigenvalue weighted by atomic mass is 10.1. The van der Waals surface area contributed by atoms with E-state index in [1.54, 1.807) is 6.92 Å². The zero-order valence-corrected chi connectivity index (χ0v) is 15.2. The van der Waals surface area contributed by atoms with E-state index < -0.39 is 6.10 Å². The van der Waals surface area contributed by atoms with Gasteiger partial charge >= 0.3 is 0 Å². The number of rotatable bonds is 7. The van der Waals surface area contributed by atoms with E-state index in [4.69, 9.17) is 4.74 Å².